The molecule has 0 saturated heterocycles. The van der Waals surface area contributed by atoms with Crippen LogP contribution in [-0.4, -0.2) is 29.4 Å². The van der Waals surface area contributed by atoms with Gasteiger partial charge in [-0.25, -0.2) is 9.59 Å². The molecule has 0 spiro atoms. The van der Waals surface area contributed by atoms with E-state index in [1.165, 1.54) is 0 Å². The molecule has 0 fully saturated rings. The van der Waals surface area contributed by atoms with Gasteiger partial charge in [-0.15, -0.1) is 0 Å². The molecule has 0 aliphatic carbocycles. The van der Waals surface area contributed by atoms with Crippen molar-refractivity contribution >= 4 is 17.7 Å². The van der Waals surface area contributed by atoms with Crippen molar-refractivity contribution in [2.24, 2.45) is 0 Å². The van der Waals surface area contributed by atoms with Gasteiger partial charge in [-0.2, -0.15) is 0 Å². The van der Waals surface area contributed by atoms with Crippen molar-refractivity contribution in [3.63, 3.8) is 0 Å². The SMILES string of the molecule is CCCNC(C)=C1C(=O)OC(=O)C(C(C)=O)=C1O. The Morgan fingerprint density at radius 2 is 1.89 bits per heavy atom. The summed E-state index contributed by atoms with van der Waals surface area (Å²) in [7, 11) is 0. The molecule has 1 aliphatic heterocycles. The molecule has 1 aliphatic rings. The fourth-order valence-corrected chi connectivity index (χ4v) is 1.55. The number of cyclic esters (lactones) is 2. The summed E-state index contributed by atoms with van der Waals surface area (Å²) in [6, 6.07) is 0. The average Bonchev–Trinajstić information content (AvgIpc) is 2.24. The zero-order chi connectivity index (χ0) is 13.9. The summed E-state index contributed by atoms with van der Waals surface area (Å²) in [4.78, 5) is 34.1. The first-order valence-electron chi connectivity index (χ1n) is 5.55. The van der Waals surface area contributed by atoms with Gasteiger partial charge in [0.2, 0.25) is 0 Å². The molecule has 0 radical (unpaired) electrons. The molecule has 0 saturated carbocycles. The molecule has 18 heavy (non-hydrogen) atoms. The van der Waals surface area contributed by atoms with Crippen molar-refractivity contribution < 1.29 is 24.2 Å². The van der Waals surface area contributed by atoms with E-state index in [2.05, 4.69) is 10.1 Å². The third kappa shape index (κ3) is 2.58. The lowest BCUT2D eigenvalue weighted by Crippen LogP contribution is -2.30. The van der Waals surface area contributed by atoms with Crippen LogP contribution < -0.4 is 5.32 Å². The lowest BCUT2D eigenvalue weighted by molar-refractivity contribution is -0.155. The van der Waals surface area contributed by atoms with Crippen LogP contribution in [0.3, 0.4) is 0 Å². The van der Waals surface area contributed by atoms with Crippen LogP contribution in [0.5, 0.6) is 0 Å². The molecular weight excluding hydrogens is 238 g/mol. The number of aliphatic hydroxyl groups is 1. The highest BCUT2D eigenvalue weighted by molar-refractivity contribution is 6.23. The molecule has 1 heterocycles. The number of Topliss-reactive ketones (excluding diaryl/α,β-unsaturated/α-hetero) is 1. The van der Waals surface area contributed by atoms with Crippen molar-refractivity contribution in [1.29, 1.82) is 0 Å². The van der Waals surface area contributed by atoms with Gasteiger partial charge in [0.15, 0.2) is 5.78 Å². The molecule has 0 unspecified atom stereocenters. The largest absolute Gasteiger partial charge is 0.506 e. The molecular formula is C12H15NO5. The highest BCUT2D eigenvalue weighted by Gasteiger charge is 2.36. The molecule has 2 N–H and O–H groups in total. The number of carbonyl (C=O) groups is 3. The maximum atomic E-state index is 11.5. The molecule has 0 aromatic heterocycles. The number of carbonyl (C=O) groups excluding carboxylic acids is 3. The summed E-state index contributed by atoms with van der Waals surface area (Å²) in [5.41, 5.74) is -0.305. The van der Waals surface area contributed by atoms with Gasteiger partial charge in [-0.05, 0) is 20.3 Å². The minimum atomic E-state index is -1.11. The Kier molecular flexibility index (Phi) is 4.25. The predicted molar refractivity (Wildman–Crippen MR) is 62.4 cm³/mol. The van der Waals surface area contributed by atoms with Gasteiger partial charge in [0.05, 0.1) is 0 Å². The number of ether oxygens (including phenoxy) is 1. The van der Waals surface area contributed by atoms with Crippen molar-refractivity contribution in [2.45, 2.75) is 27.2 Å². The maximum Gasteiger partial charge on any atom is 0.353 e. The van der Waals surface area contributed by atoms with Crippen molar-refractivity contribution in [3.05, 3.63) is 22.6 Å². The summed E-state index contributed by atoms with van der Waals surface area (Å²) in [5, 5.41) is 12.7. The summed E-state index contributed by atoms with van der Waals surface area (Å²) in [6.45, 7) is 5.22. The third-order valence-corrected chi connectivity index (χ3v) is 2.43. The molecule has 6 heteroatoms. The second-order valence-corrected chi connectivity index (χ2v) is 3.88. The van der Waals surface area contributed by atoms with Gasteiger partial charge in [-0.3, -0.25) is 4.79 Å². The Hall–Kier alpha value is -2.11. The fourth-order valence-electron chi connectivity index (χ4n) is 1.55. The third-order valence-electron chi connectivity index (χ3n) is 2.43. The molecule has 0 amide bonds. The van der Waals surface area contributed by atoms with Crippen LogP contribution in [0.4, 0.5) is 0 Å². The van der Waals surface area contributed by atoms with E-state index in [0.29, 0.717) is 12.2 Å². The number of aliphatic hydroxyl groups excluding tert-OH is 1. The highest BCUT2D eigenvalue weighted by Crippen LogP contribution is 2.23. The summed E-state index contributed by atoms with van der Waals surface area (Å²) in [5.74, 6) is -3.34. The number of esters is 2. The molecule has 98 valence electrons. The Morgan fingerprint density at radius 1 is 1.28 bits per heavy atom. The first kappa shape index (κ1) is 14.0. The van der Waals surface area contributed by atoms with Gasteiger partial charge >= 0.3 is 11.9 Å². The second kappa shape index (κ2) is 5.48. The number of rotatable bonds is 4. The quantitative estimate of drug-likeness (QED) is 0.332. The minimum absolute atomic E-state index is 0.173. The van der Waals surface area contributed by atoms with Gasteiger partial charge in [-0.1, -0.05) is 6.92 Å². The molecule has 6 nitrogen and oxygen atoms in total. The van der Waals surface area contributed by atoms with E-state index in [0.717, 1.165) is 13.3 Å². The normalized spacial score (nSPS) is 18.6. The first-order valence-corrected chi connectivity index (χ1v) is 5.55. The number of hydrogen-bond acceptors (Lipinski definition) is 6. The van der Waals surface area contributed by atoms with E-state index in [-0.39, 0.29) is 5.57 Å². The van der Waals surface area contributed by atoms with Crippen LogP contribution in [-0.2, 0) is 19.1 Å². The lowest BCUT2D eigenvalue weighted by Gasteiger charge is -2.18. The van der Waals surface area contributed by atoms with Crippen molar-refractivity contribution in [3.8, 4) is 0 Å². The van der Waals surface area contributed by atoms with E-state index in [1.54, 1.807) is 6.92 Å². The van der Waals surface area contributed by atoms with E-state index < -0.39 is 29.1 Å². The van der Waals surface area contributed by atoms with Crippen LogP contribution in [0.25, 0.3) is 0 Å². The van der Waals surface area contributed by atoms with Crippen molar-refractivity contribution in [2.75, 3.05) is 6.54 Å². The van der Waals surface area contributed by atoms with E-state index in [9.17, 15) is 19.5 Å². The fraction of sp³-hybridized carbons (Fsp3) is 0.417. The van der Waals surface area contributed by atoms with E-state index in [4.69, 9.17) is 0 Å². The van der Waals surface area contributed by atoms with E-state index in [1.807, 2.05) is 6.92 Å². The number of ketones is 1. The Balaban J connectivity index is 3.29. The van der Waals surface area contributed by atoms with Crippen LogP contribution in [0, 0.1) is 0 Å². The monoisotopic (exact) mass is 253 g/mol. The Labute approximate surface area is 104 Å². The standard InChI is InChI=1S/C12H15NO5/c1-4-5-13-6(2)8-10(15)9(7(3)14)12(17)18-11(8)16/h13,15H,4-5H2,1-3H3. The van der Waals surface area contributed by atoms with Gasteiger partial charge in [0, 0.05) is 12.2 Å². The highest BCUT2D eigenvalue weighted by atomic mass is 16.6. The van der Waals surface area contributed by atoms with Crippen LogP contribution in [0.2, 0.25) is 0 Å². The van der Waals surface area contributed by atoms with Crippen LogP contribution >= 0.6 is 0 Å². The summed E-state index contributed by atoms with van der Waals surface area (Å²) in [6.07, 6.45) is 0.822. The minimum Gasteiger partial charge on any atom is -0.506 e. The molecule has 0 atom stereocenters. The van der Waals surface area contributed by atoms with Crippen LogP contribution in [0.1, 0.15) is 27.2 Å². The second-order valence-electron chi connectivity index (χ2n) is 3.88. The van der Waals surface area contributed by atoms with Gasteiger partial charge in [0.1, 0.15) is 16.9 Å². The van der Waals surface area contributed by atoms with Gasteiger partial charge < -0.3 is 15.2 Å². The maximum absolute atomic E-state index is 11.5. The number of allylic oxidation sites excluding steroid dienone is 1. The topological polar surface area (TPSA) is 92.7 Å². The number of hydrogen-bond donors (Lipinski definition) is 2. The summed E-state index contributed by atoms with van der Waals surface area (Å²) >= 11 is 0. The molecule has 1 rings (SSSR count). The van der Waals surface area contributed by atoms with Crippen LogP contribution in [0.15, 0.2) is 22.6 Å². The zero-order valence-electron chi connectivity index (χ0n) is 10.5. The molecule has 0 aromatic rings. The average molecular weight is 253 g/mol. The Bertz CT molecular complexity index is 473. The summed E-state index contributed by atoms with van der Waals surface area (Å²) < 4.78 is 4.43. The zero-order valence-corrected chi connectivity index (χ0v) is 10.5. The molecule has 0 bridgehead atoms. The van der Waals surface area contributed by atoms with Gasteiger partial charge in [0.25, 0.3) is 0 Å². The smallest absolute Gasteiger partial charge is 0.353 e. The number of nitrogens with one attached hydrogen (secondary N) is 1. The van der Waals surface area contributed by atoms with Crippen molar-refractivity contribution in [1.82, 2.24) is 5.32 Å². The van der Waals surface area contributed by atoms with E-state index >= 15 is 0 Å². The molecule has 0 aromatic carbocycles. The predicted octanol–water partition coefficient (Wildman–Crippen LogP) is 0.745. The Morgan fingerprint density at radius 3 is 2.39 bits per heavy atom. The lowest BCUT2D eigenvalue weighted by atomic mass is 10.0. The first-order chi connectivity index (χ1) is 8.40.